The number of nitro groups is 1. The van der Waals surface area contributed by atoms with E-state index in [1.807, 2.05) is 0 Å². The Kier molecular flexibility index (Phi) is 4.81. The maximum absolute atomic E-state index is 11.0. The molecule has 1 aromatic heterocycles. The van der Waals surface area contributed by atoms with Crippen LogP contribution in [-0.4, -0.2) is 45.5 Å². The number of carboxylic acid groups (broad SMARTS) is 1. The first-order chi connectivity index (χ1) is 8.92. The standard InChI is InChI=1S/C10H16N4O5/c1-4-6-8(14(17)18)9(13(2)12-6)11-5-7(19-3)10(15)16/h7,11H,4-5H2,1-3H3,(H,15,16). The Morgan fingerprint density at radius 1 is 1.68 bits per heavy atom. The zero-order chi connectivity index (χ0) is 14.6. The lowest BCUT2D eigenvalue weighted by molar-refractivity contribution is -0.384. The highest BCUT2D eigenvalue weighted by molar-refractivity contribution is 5.73. The van der Waals surface area contributed by atoms with Gasteiger partial charge < -0.3 is 15.2 Å². The molecule has 9 nitrogen and oxygen atoms in total. The molecule has 0 aliphatic heterocycles. The molecule has 1 atom stereocenters. The molecule has 2 N–H and O–H groups in total. The smallest absolute Gasteiger partial charge is 0.334 e. The molecule has 106 valence electrons. The molecule has 0 radical (unpaired) electrons. The van der Waals surface area contributed by atoms with E-state index in [-0.39, 0.29) is 18.1 Å². The van der Waals surface area contributed by atoms with Crippen LogP contribution in [0.2, 0.25) is 0 Å². The minimum atomic E-state index is -1.14. The molecule has 0 spiro atoms. The number of nitrogens with zero attached hydrogens (tertiary/aromatic N) is 3. The number of aliphatic carboxylic acids is 1. The van der Waals surface area contributed by atoms with Gasteiger partial charge in [-0.15, -0.1) is 0 Å². The Bertz CT molecular complexity index is 485. The van der Waals surface area contributed by atoms with Gasteiger partial charge in [0.15, 0.2) is 6.10 Å². The Morgan fingerprint density at radius 2 is 2.32 bits per heavy atom. The predicted octanol–water partition coefficient (Wildman–Crippen LogP) is 0.402. The van der Waals surface area contributed by atoms with E-state index in [9.17, 15) is 14.9 Å². The number of nitrogens with one attached hydrogen (secondary N) is 1. The van der Waals surface area contributed by atoms with Gasteiger partial charge in [-0.3, -0.25) is 10.1 Å². The van der Waals surface area contributed by atoms with Gasteiger partial charge in [-0.05, 0) is 6.42 Å². The fourth-order valence-electron chi connectivity index (χ4n) is 1.66. The lowest BCUT2D eigenvalue weighted by Gasteiger charge is -2.12. The van der Waals surface area contributed by atoms with Crippen molar-refractivity contribution < 1.29 is 19.6 Å². The first-order valence-electron chi connectivity index (χ1n) is 5.62. The van der Waals surface area contributed by atoms with Crippen LogP contribution in [0, 0.1) is 10.1 Å². The summed E-state index contributed by atoms with van der Waals surface area (Å²) in [5.41, 5.74) is 0.213. The van der Waals surface area contributed by atoms with Crippen LogP contribution in [0.1, 0.15) is 12.6 Å². The highest BCUT2D eigenvalue weighted by Gasteiger charge is 2.27. The molecule has 0 saturated heterocycles. The summed E-state index contributed by atoms with van der Waals surface area (Å²) >= 11 is 0. The van der Waals surface area contributed by atoms with E-state index in [0.717, 1.165) is 0 Å². The van der Waals surface area contributed by atoms with Gasteiger partial charge in [0.2, 0.25) is 5.82 Å². The van der Waals surface area contributed by atoms with Gasteiger partial charge >= 0.3 is 11.7 Å². The van der Waals surface area contributed by atoms with Gasteiger partial charge in [0.25, 0.3) is 0 Å². The summed E-state index contributed by atoms with van der Waals surface area (Å²) in [4.78, 5) is 21.3. The average Bonchev–Trinajstić information content (AvgIpc) is 2.66. The van der Waals surface area contributed by atoms with Crippen molar-refractivity contribution in [1.29, 1.82) is 0 Å². The number of carbonyl (C=O) groups is 1. The Hall–Kier alpha value is -2.16. The maximum Gasteiger partial charge on any atom is 0.334 e. The minimum Gasteiger partial charge on any atom is -0.479 e. The second-order valence-corrected chi connectivity index (χ2v) is 3.82. The molecule has 0 aliphatic carbocycles. The number of ether oxygens (including phenoxy) is 1. The van der Waals surface area contributed by atoms with E-state index >= 15 is 0 Å². The third-order valence-electron chi connectivity index (χ3n) is 2.62. The van der Waals surface area contributed by atoms with Crippen LogP contribution in [0.4, 0.5) is 11.5 Å². The summed E-state index contributed by atoms with van der Waals surface area (Å²) < 4.78 is 6.07. The predicted molar refractivity (Wildman–Crippen MR) is 66.2 cm³/mol. The monoisotopic (exact) mass is 272 g/mol. The van der Waals surface area contributed by atoms with Gasteiger partial charge in [-0.1, -0.05) is 6.92 Å². The summed E-state index contributed by atoms with van der Waals surface area (Å²) in [5, 5.41) is 26.6. The molecule has 0 saturated carbocycles. The minimum absolute atomic E-state index is 0.0879. The Labute approximate surface area is 109 Å². The first-order valence-corrected chi connectivity index (χ1v) is 5.62. The van der Waals surface area contributed by atoms with E-state index in [0.29, 0.717) is 12.1 Å². The number of hydrogen-bond donors (Lipinski definition) is 2. The van der Waals surface area contributed by atoms with Gasteiger partial charge in [-0.25, -0.2) is 9.48 Å². The zero-order valence-electron chi connectivity index (χ0n) is 10.9. The average molecular weight is 272 g/mol. The third kappa shape index (κ3) is 3.19. The van der Waals surface area contributed by atoms with Gasteiger partial charge in [0, 0.05) is 14.2 Å². The molecule has 0 aromatic carbocycles. The van der Waals surface area contributed by atoms with Crippen LogP contribution in [0.15, 0.2) is 0 Å². The third-order valence-corrected chi connectivity index (χ3v) is 2.62. The molecule has 0 aliphatic rings. The highest BCUT2D eigenvalue weighted by atomic mass is 16.6. The van der Waals surface area contributed by atoms with E-state index in [2.05, 4.69) is 10.4 Å². The lowest BCUT2D eigenvalue weighted by Crippen LogP contribution is -2.31. The van der Waals surface area contributed by atoms with Crippen LogP contribution in [0.3, 0.4) is 0 Å². The van der Waals surface area contributed by atoms with E-state index in [1.54, 1.807) is 14.0 Å². The molecule has 0 fully saturated rings. The Balaban J connectivity index is 2.97. The van der Waals surface area contributed by atoms with Gasteiger partial charge in [-0.2, -0.15) is 5.10 Å². The molecule has 1 heterocycles. The van der Waals surface area contributed by atoms with Crippen molar-refractivity contribution in [2.24, 2.45) is 7.05 Å². The number of aryl methyl sites for hydroxylation is 2. The normalized spacial score (nSPS) is 12.2. The van der Waals surface area contributed by atoms with E-state index in [1.165, 1.54) is 11.8 Å². The quantitative estimate of drug-likeness (QED) is 0.544. The molecule has 9 heteroatoms. The topological polar surface area (TPSA) is 120 Å². The lowest BCUT2D eigenvalue weighted by atomic mass is 10.3. The van der Waals surface area contributed by atoms with Crippen LogP contribution in [0.25, 0.3) is 0 Å². The molecular formula is C10H16N4O5. The van der Waals surface area contributed by atoms with E-state index in [4.69, 9.17) is 9.84 Å². The van der Waals surface area contributed by atoms with Crippen molar-refractivity contribution in [3.05, 3.63) is 15.8 Å². The molecule has 19 heavy (non-hydrogen) atoms. The first kappa shape index (κ1) is 14.9. The second-order valence-electron chi connectivity index (χ2n) is 3.82. The maximum atomic E-state index is 11.0. The van der Waals surface area contributed by atoms with Crippen LogP contribution in [-0.2, 0) is 23.0 Å². The van der Waals surface area contributed by atoms with Crippen LogP contribution < -0.4 is 5.32 Å². The van der Waals surface area contributed by atoms with Crippen molar-refractivity contribution in [3.8, 4) is 0 Å². The molecule has 1 unspecified atom stereocenters. The van der Waals surface area contributed by atoms with Crippen molar-refractivity contribution in [1.82, 2.24) is 9.78 Å². The molecule has 1 aromatic rings. The fourth-order valence-corrected chi connectivity index (χ4v) is 1.66. The number of aromatic nitrogens is 2. The largest absolute Gasteiger partial charge is 0.479 e. The van der Waals surface area contributed by atoms with Crippen molar-refractivity contribution in [2.45, 2.75) is 19.4 Å². The highest BCUT2D eigenvalue weighted by Crippen LogP contribution is 2.28. The molecule has 0 bridgehead atoms. The molecule has 1 rings (SSSR count). The SMILES string of the molecule is CCc1nn(C)c(NCC(OC)C(=O)O)c1[N+](=O)[O-]. The number of anilines is 1. The molecule has 0 amide bonds. The van der Waals surface area contributed by atoms with E-state index < -0.39 is 17.0 Å². The van der Waals surface area contributed by atoms with Crippen molar-refractivity contribution in [3.63, 3.8) is 0 Å². The number of carboxylic acids is 1. The zero-order valence-corrected chi connectivity index (χ0v) is 10.9. The van der Waals surface area contributed by atoms with Crippen LogP contribution >= 0.6 is 0 Å². The number of methoxy groups -OCH3 is 1. The number of rotatable bonds is 7. The summed E-state index contributed by atoms with van der Waals surface area (Å²) in [6, 6.07) is 0. The summed E-state index contributed by atoms with van der Waals surface area (Å²) in [6.07, 6.45) is -0.669. The summed E-state index contributed by atoms with van der Waals surface area (Å²) in [5.74, 6) is -0.972. The summed E-state index contributed by atoms with van der Waals surface area (Å²) in [6.45, 7) is 1.67. The molecular weight excluding hydrogens is 256 g/mol. The van der Waals surface area contributed by atoms with Crippen molar-refractivity contribution in [2.75, 3.05) is 19.0 Å². The van der Waals surface area contributed by atoms with Gasteiger partial charge in [0.05, 0.1) is 11.5 Å². The summed E-state index contributed by atoms with van der Waals surface area (Å²) in [7, 11) is 2.81. The number of hydrogen-bond acceptors (Lipinski definition) is 6. The van der Waals surface area contributed by atoms with Crippen LogP contribution in [0.5, 0.6) is 0 Å². The van der Waals surface area contributed by atoms with Gasteiger partial charge in [0.1, 0.15) is 5.69 Å². The second kappa shape index (κ2) is 6.14. The fraction of sp³-hybridized carbons (Fsp3) is 0.600. The van der Waals surface area contributed by atoms with Crippen molar-refractivity contribution >= 4 is 17.5 Å². The Morgan fingerprint density at radius 3 is 2.74 bits per heavy atom.